The minimum Gasteiger partial charge on any atom is -0.488 e. The van der Waals surface area contributed by atoms with Crippen LogP contribution in [0.3, 0.4) is 0 Å². The Labute approximate surface area is 159 Å². The van der Waals surface area contributed by atoms with Gasteiger partial charge in [-0.15, -0.1) is 12.4 Å². The van der Waals surface area contributed by atoms with Crippen LogP contribution < -0.4 is 10.1 Å². The average Bonchev–Trinajstić information content (AvgIpc) is 2.99. The van der Waals surface area contributed by atoms with Crippen LogP contribution >= 0.6 is 35.6 Å². The average molecular weight is 394 g/mol. The molecule has 3 rings (SSSR count). The summed E-state index contributed by atoms with van der Waals surface area (Å²) in [5, 5.41) is 4.39. The highest BCUT2D eigenvalue weighted by atomic mass is 35.5. The van der Waals surface area contributed by atoms with Crippen molar-refractivity contribution < 1.29 is 9.53 Å². The fraction of sp³-hybridized carbons (Fsp3) is 0.588. The second-order valence-electron chi connectivity index (χ2n) is 6.47. The van der Waals surface area contributed by atoms with E-state index in [1.807, 2.05) is 11.0 Å². The Morgan fingerprint density at radius 2 is 2.08 bits per heavy atom. The number of hydrogen-bond acceptors (Lipinski definition) is 3. The van der Waals surface area contributed by atoms with Crippen LogP contribution in [0.1, 0.15) is 26.2 Å². The third-order valence-electron chi connectivity index (χ3n) is 4.62. The summed E-state index contributed by atoms with van der Waals surface area (Å²) in [5.74, 6) is 1.13. The molecule has 1 aromatic carbocycles. The van der Waals surface area contributed by atoms with E-state index in [1.54, 1.807) is 12.1 Å². The van der Waals surface area contributed by atoms with Gasteiger partial charge in [-0.05, 0) is 38.4 Å². The molecule has 2 saturated heterocycles. The van der Waals surface area contributed by atoms with Crippen molar-refractivity contribution in [2.24, 2.45) is 5.92 Å². The topological polar surface area (TPSA) is 41.6 Å². The zero-order valence-corrected chi connectivity index (χ0v) is 16.0. The Kier molecular flexibility index (Phi) is 7.05. The minimum atomic E-state index is 0. The van der Waals surface area contributed by atoms with Crippen molar-refractivity contribution in [2.75, 3.05) is 19.6 Å². The molecular weight excluding hydrogens is 371 g/mol. The fourth-order valence-corrected chi connectivity index (χ4v) is 3.67. The van der Waals surface area contributed by atoms with E-state index >= 15 is 0 Å². The minimum absolute atomic E-state index is 0. The Morgan fingerprint density at radius 1 is 1.29 bits per heavy atom. The first-order valence-corrected chi connectivity index (χ1v) is 8.92. The number of hydrogen-bond donors (Lipinski definition) is 1. The summed E-state index contributed by atoms with van der Waals surface area (Å²) in [6.07, 6.45) is 2.73. The smallest absolute Gasteiger partial charge is 0.225 e. The fourth-order valence-electron chi connectivity index (χ4n) is 3.38. The molecule has 1 amide bonds. The summed E-state index contributed by atoms with van der Waals surface area (Å²) in [7, 11) is 0. The molecule has 0 saturated carbocycles. The second kappa shape index (κ2) is 8.61. The lowest BCUT2D eigenvalue weighted by molar-refractivity contribution is -0.135. The lowest BCUT2D eigenvalue weighted by Gasteiger charge is -2.30. The Balaban J connectivity index is 0.00000208. The molecule has 2 aliphatic rings. The van der Waals surface area contributed by atoms with Gasteiger partial charge in [-0.2, -0.15) is 0 Å². The van der Waals surface area contributed by atoms with Gasteiger partial charge in [0.15, 0.2) is 0 Å². The molecule has 2 aliphatic heterocycles. The van der Waals surface area contributed by atoms with Crippen molar-refractivity contribution in [3.63, 3.8) is 0 Å². The molecule has 0 bridgehead atoms. The van der Waals surface area contributed by atoms with Gasteiger partial charge in [0.25, 0.3) is 0 Å². The van der Waals surface area contributed by atoms with E-state index in [-0.39, 0.29) is 30.3 Å². The summed E-state index contributed by atoms with van der Waals surface area (Å²) in [5.41, 5.74) is 0. The van der Waals surface area contributed by atoms with Gasteiger partial charge < -0.3 is 15.0 Å². The molecule has 1 N–H and O–H groups in total. The normalized spacial score (nSPS) is 26.8. The van der Waals surface area contributed by atoms with Crippen LogP contribution in [0.4, 0.5) is 0 Å². The van der Waals surface area contributed by atoms with Crippen molar-refractivity contribution in [2.45, 2.75) is 38.3 Å². The Morgan fingerprint density at radius 3 is 2.79 bits per heavy atom. The third kappa shape index (κ3) is 4.69. The van der Waals surface area contributed by atoms with Crippen LogP contribution in [0.15, 0.2) is 18.2 Å². The van der Waals surface area contributed by atoms with E-state index < -0.39 is 0 Å². The van der Waals surface area contributed by atoms with Crippen LogP contribution in [0.2, 0.25) is 10.0 Å². The molecule has 0 spiro atoms. The number of benzene rings is 1. The van der Waals surface area contributed by atoms with Crippen molar-refractivity contribution >= 4 is 41.5 Å². The van der Waals surface area contributed by atoms with Gasteiger partial charge in [0.2, 0.25) is 5.91 Å². The van der Waals surface area contributed by atoms with Crippen LogP contribution in [-0.2, 0) is 4.79 Å². The maximum atomic E-state index is 12.6. The lowest BCUT2D eigenvalue weighted by atomic mass is 9.92. The van der Waals surface area contributed by atoms with Gasteiger partial charge in [0, 0.05) is 31.0 Å². The van der Waals surface area contributed by atoms with E-state index in [1.165, 1.54) is 0 Å². The monoisotopic (exact) mass is 392 g/mol. The van der Waals surface area contributed by atoms with Crippen LogP contribution in [0.5, 0.6) is 5.75 Å². The number of nitrogens with zero attached hydrogens (tertiary/aromatic N) is 1. The van der Waals surface area contributed by atoms with E-state index in [0.717, 1.165) is 32.4 Å². The second-order valence-corrected chi connectivity index (χ2v) is 7.28. The van der Waals surface area contributed by atoms with Crippen molar-refractivity contribution in [3.05, 3.63) is 28.2 Å². The summed E-state index contributed by atoms with van der Waals surface area (Å²) in [6.45, 7) is 4.48. The van der Waals surface area contributed by atoms with Gasteiger partial charge in [-0.1, -0.05) is 23.2 Å². The molecule has 2 fully saturated rings. The molecular formula is C17H23Cl3N2O2. The molecule has 0 aromatic heterocycles. The summed E-state index contributed by atoms with van der Waals surface area (Å²) < 4.78 is 5.95. The van der Waals surface area contributed by atoms with E-state index in [9.17, 15) is 4.79 Å². The molecule has 1 aromatic rings. The number of rotatable bonds is 3. The Bertz CT molecular complexity index is 585. The van der Waals surface area contributed by atoms with Crippen LogP contribution in [0.25, 0.3) is 0 Å². The van der Waals surface area contributed by atoms with E-state index in [2.05, 4.69) is 12.2 Å². The number of ether oxygens (including phenoxy) is 1. The number of nitrogens with one attached hydrogen (secondary N) is 1. The maximum absolute atomic E-state index is 12.6. The zero-order valence-electron chi connectivity index (χ0n) is 13.6. The molecule has 134 valence electrons. The highest BCUT2D eigenvalue weighted by Crippen LogP contribution is 2.28. The molecule has 1 unspecified atom stereocenters. The van der Waals surface area contributed by atoms with Gasteiger partial charge in [-0.25, -0.2) is 0 Å². The zero-order chi connectivity index (χ0) is 16.4. The summed E-state index contributed by atoms with van der Waals surface area (Å²) in [4.78, 5) is 14.6. The van der Waals surface area contributed by atoms with Crippen molar-refractivity contribution in [1.29, 1.82) is 0 Å². The SMILES string of the molecule is C[C@H]1C[C@@H](C(=O)N2CCC(Oc3ccc(Cl)c(Cl)c3)C2)CCN1.Cl. The molecule has 2 heterocycles. The van der Waals surface area contributed by atoms with E-state index in [4.69, 9.17) is 27.9 Å². The van der Waals surface area contributed by atoms with Gasteiger partial charge in [0.1, 0.15) is 11.9 Å². The first kappa shape index (κ1) is 19.6. The molecule has 0 radical (unpaired) electrons. The van der Waals surface area contributed by atoms with Gasteiger partial charge in [0.05, 0.1) is 16.6 Å². The standard InChI is InChI=1S/C17H22Cl2N2O2.ClH/c1-11-8-12(4-6-20-11)17(22)21-7-5-14(10-21)23-13-2-3-15(18)16(19)9-13;/h2-3,9,11-12,14,20H,4-8,10H2,1H3;1H/t11-,12-,14?;/m0./s1. The quantitative estimate of drug-likeness (QED) is 0.849. The number of amides is 1. The Hall–Kier alpha value is -0.680. The first-order chi connectivity index (χ1) is 11.0. The number of carbonyl (C=O) groups excluding carboxylic acids is 1. The van der Waals surface area contributed by atoms with Crippen LogP contribution in [-0.4, -0.2) is 42.6 Å². The van der Waals surface area contributed by atoms with Crippen LogP contribution in [0, 0.1) is 5.92 Å². The summed E-state index contributed by atoms with van der Waals surface area (Å²) in [6, 6.07) is 5.69. The predicted molar refractivity (Wildman–Crippen MR) is 99.5 cm³/mol. The van der Waals surface area contributed by atoms with E-state index in [0.29, 0.717) is 28.4 Å². The third-order valence-corrected chi connectivity index (χ3v) is 5.36. The number of likely N-dealkylation sites (tertiary alicyclic amines) is 1. The van der Waals surface area contributed by atoms with Crippen molar-refractivity contribution in [1.82, 2.24) is 10.2 Å². The molecule has 24 heavy (non-hydrogen) atoms. The molecule has 4 nitrogen and oxygen atoms in total. The molecule has 7 heteroatoms. The number of piperidine rings is 1. The van der Waals surface area contributed by atoms with Gasteiger partial charge >= 0.3 is 0 Å². The first-order valence-electron chi connectivity index (χ1n) is 8.17. The highest BCUT2D eigenvalue weighted by molar-refractivity contribution is 6.42. The maximum Gasteiger partial charge on any atom is 0.225 e. The molecule has 0 aliphatic carbocycles. The van der Waals surface area contributed by atoms with Gasteiger partial charge in [-0.3, -0.25) is 4.79 Å². The lowest BCUT2D eigenvalue weighted by Crippen LogP contribution is -2.43. The predicted octanol–water partition coefficient (Wildman–Crippen LogP) is 3.78. The van der Waals surface area contributed by atoms with Crippen molar-refractivity contribution in [3.8, 4) is 5.75 Å². The largest absolute Gasteiger partial charge is 0.488 e. The molecule has 3 atom stereocenters. The number of carbonyl (C=O) groups is 1. The summed E-state index contributed by atoms with van der Waals surface area (Å²) >= 11 is 11.9. The highest BCUT2D eigenvalue weighted by Gasteiger charge is 2.33. The number of halogens is 3.